The number of rotatable bonds is 5. The second-order valence-electron chi connectivity index (χ2n) is 5.64. The van der Waals surface area contributed by atoms with Crippen molar-refractivity contribution in [3.05, 3.63) is 28.2 Å². The summed E-state index contributed by atoms with van der Waals surface area (Å²) in [6, 6.07) is 6.83. The van der Waals surface area contributed by atoms with Gasteiger partial charge in [-0.2, -0.15) is 0 Å². The maximum Gasteiger partial charge on any atom is 0.0508 e. The molecule has 1 aliphatic rings. The van der Waals surface area contributed by atoms with Crippen LogP contribution < -0.4 is 10.6 Å². The van der Waals surface area contributed by atoms with Gasteiger partial charge in [-0.25, -0.2) is 0 Å². The van der Waals surface area contributed by atoms with Crippen molar-refractivity contribution in [3.8, 4) is 0 Å². The fraction of sp³-hybridized carbons (Fsp3) is 0.600. The third kappa shape index (κ3) is 3.48. The number of anilines is 1. The van der Waals surface area contributed by atoms with Crippen LogP contribution in [0.3, 0.4) is 0 Å². The lowest BCUT2D eigenvalue weighted by Crippen LogP contribution is -2.29. The lowest BCUT2D eigenvalue weighted by Gasteiger charge is -2.31. The molecule has 2 rings (SSSR count). The molecule has 2 nitrogen and oxygen atoms in total. The van der Waals surface area contributed by atoms with Crippen molar-refractivity contribution in [2.24, 2.45) is 11.7 Å². The molecule has 0 amide bonds. The van der Waals surface area contributed by atoms with Crippen molar-refractivity contribution in [3.63, 3.8) is 0 Å². The SMILES string of the molecule is CC(N)Cc1ccc(N(C)CC2CCC2)c(Br)c1. The molecule has 0 aromatic heterocycles. The smallest absolute Gasteiger partial charge is 0.0508 e. The highest BCUT2D eigenvalue weighted by molar-refractivity contribution is 9.10. The van der Waals surface area contributed by atoms with Gasteiger partial charge < -0.3 is 10.6 Å². The third-order valence-corrected chi connectivity index (χ3v) is 4.37. The van der Waals surface area contributed by atoms with Gasteiger partial charge in [0.15, 0.2) is 0 Å². The first-order valence-corrected chi connectivity index (χ1v) is 7.60. The van der Waals surface area contributed by atoms with Gasteiger partial charge in [-0.1, -0.05) is 12.5 Å². The first-order chi connectivity index (χ1) is 8.56. The number of nitrogens with zero attached hydrogens (tertiary/aromatic N) is 1. The first kappa shape index (κ1) is 13.9. The summed E-state index contributed by atoms with van der Waals surface area (Å²) in [7, 11) is 2.18. The number of hydrogen-bond donors (Lipinski definition) is 1. The van der Waals surface area contributed by atoms with Crippen LogP contribution in [0.4, 0.5) is 5.69 Å². The van der Waals surface area contributed by atoms with Crippen LogP contribution in [0.5, 0.6) is 0 Å². The Labute approximate surface area is 119 Å². The zero-order chi connectivity index (χ0) is 13.1. The largest absolute Gasteiger partial charge is 0.373 e. The van der Waals surface area contributed by atoms with Crippen LogP contribution in [0, 0.1) is 5.92 Å². The molecule has 1 fully saturated rings. The maximum absolute atomic E-state index is 5.84. The molecule has 1 aliphatic carbocycles. The van der Waals surface area contributed by atoms with Crippen molar-refractivity contribution in [2.45, 2.75) is 38.6 Å². The molecule has 0 saturated heterocycles. The Kier molecular flexibility index (Phi) is 4.68. The normalized spacial score (nSPS) is 17.3. The van der Waals surface area contributed by atoms with E-state index in [0.717, 1.165) is 12.3 Å². The van der Waals surface area contributed by atoms with Crippen molar-refractivity contribution in [1.29, 1.82) is 0 Å². The minimum Gasteiger partial charge on any atom is -0.373 e. The quantitative estimate of drug-likeness (QED) is 0.900. The first-order valence-electron chi connectivity index (χ1n) is 6.81. The Hall–Kier alpha value is -0.540. The Morgan fingerprint density at radius 2 is 2.17 bits per heavy atom. The predicted molar refractivity (Wildman–Crippen MR) is 82.1 cm³/mol. The molecular formula is C15H23BrN2. The summed E-state index contributed by atoms with van der Waals surface area (Å²) in [5, 5.41) is 0. The van der Waals surface area contributed by atoms with Crippen LogP contribution in [-0.2, 0) is 6.42 Å². The van der Waals surface area contributed by atoms with Crippen molar-refractivity contribution < 1.29 is 0 Å². The zero-order valence-electron chi connectivity index (χ0n) is 11.3. The van der Waals surface area contributed by atoms with E-state index >= 15 is 0 Å². The molecule has 1 aromatic carbocycles. The second-order valence-corrected chi connectivity index (χ2v) is 6.50. The predicted octanol–water partition coefficient (Wildman–Crippen LogP) is 3.58. The van der Waals surface area contributed by atoms with Crippen molar-refractivity contribution >= 4 is 21.6 Å². The molecule has 0 radical (unpaired) electrons. The van der Waals surface area contributed by atoms with E-state index in [-0.39, 0.29) is 6.04 Å². The lowest BCUT2D eigenvalue weighted by molar-refractivity contribution is 0.321. The molecule has 0 spiro atoms. The summed E-state index contributed by atoms with van der Waals surface area (Å²) in [6.45, 7) is 3.22. The van der Waals surface area contributed by atoms with Gasteiger partial charge in [-0.05, 0) is 65.7 Å². The highest BCUT2D eigenvalue weighted by Gasteiger charge is 2.20. The van der Waals surface area contributed by atoms with Gasteiger partial charge in [0.2, 0.25) is 0 Å². The summed E-state index contributed by atoms with van der Waals surface area (Å²) < 4.78 is 1.18. The van der Waals surface area contributed by atoms with Crippen LogP contribution in [-0.4, -0.2) is 19.6 Å². The van der Waals surface area contributed by atoms with Gasteiger partial charge >= 0.3 is 0 Å². The van der Waals surface area contributed by atoms with E-state index in [1.165, 1.54) is 41.5 Å². The van der Waals surface area contributed by atoms with E-state index < -0.39 is 0 Å². The maximum atomic E-state index is 5.84. The fourth-order valence-electron chi connectivity index (χ4n) is 2.52. The van der Waals surface area contributed by atoms with Gasteiger partial charge in [0.1, 0.15) is 0 Å². The molecule has 1 saturated carbocycles. The van der Waals surface area contributed by atoms with Crippen LogP contribution in [0.2, 0.25) is 0 Å². The van der Waals surface area contributed by atoms with Crippen LogP contribution in [0.1, 0.15) is 31.7 Å². The average molecular weight is 311 g/mol. The number of halogens is 1. The molecule has 1 unspecified atom stereocenters. The number of hydrogen-bond acceptors (Lipinski definition) is 2. The monoisotopic (exact) mass is 310 g/mol. The van der Waals surface area contributed by atoms with E-state index in [1.807, 2.05) is 6.92 Å². The highest BCUT2D eigenvalue weighted by Crippen LogP contribution is 2.31. The zero-order valence-corrected chi connectivity index (χ0v) is 12.9. The van der Waals surface area contributed by atoms with E-state index in [2.05, 4.69) is 46.1 Å². The summed E-state index contributed by atoms with van der Waals surface area (Å²) in [6.07, 6.45) is 5.13. The Balaban J connectivity index is 2.03. The fourth-order valence-corrected chi connectivity index (χ4v) is 3.25. The number of nitrogens with two attached hydrogens (primary N) is 1. The average Bonchev–Trinajstić information content (AvgIpc) is 2.22. The van der Waals surface area contributed by atoms with E-state index in [9.17, 15) is 0 Å². The van der Waals surface area contributed by atoms with E-state index in [0.29, 0.717) is 0 Å². The highest BCUT2D eigenvalue weighted by atomic mass is 79.9. The second kappa shape index (κ2) is 6.07. The molecule has 18 heavy (non-hydrogen) atoms. The standard InChI is InChI=1S/C15H23BrN2/c1-11(17)8-13-6-7-15(14(16)9-13)18(2)10-12-4-3-5-12/h6-7,9,11-12H,3-5,8,10,17H2,1-2H3. The summed E-state index contributed by atoms with van der Waals surface area (Å²) in [4.78, 5) is 2.36. The molecule has 100 valence electrons. The lowest BCUT2D eigenvalue weighted by atomic mass is 9.85. The Bertz CT molecular complexity index is 399. The molecule has 2 N–H and O–H groups in total. The molecule has 1 atom stereocenters. The van der Waals surface area contributed by atoms with Crippen LogP contribution in [0.25, 0.3) is 0 Å². The molecule has 3 heteroatoms. The molecular weight excluding hydrogens is 288 g/mol. The summed E-state index contributed by atoms with van der Waals surface area (Å²) in [5.74, 6) is 0.894. The van der Waals surface area contributed by atoms with E-state index in [1.54, 1.807) is 0 Å². The third-order valence-electron chi connectivity index (χ3n) is 3.74. The molecule has 1 aromatic rings. The topological polar surface area (TPSA) is 29.3 Å². The van der Waals surface area contributed by atoms with Crippen molar-refractivity contribution in [1.82, 2.24) is 0 Å². The van der Waals surface area contributed by atoms with Gasteiger partial charge in [0, 0.05) is 24.1 Å². The molecule has 0 heterocycles. The molecule has 0 aliphatic heterocycles. The summed E-state index contributed by atoms with van der Waals surface area (Å²) in [5.41, 5.74) is 8.43. The Morgan fingerprint density at radius 3 is 2.67 bits per heavy atom. The van der Waals surface area contributed by atoms with Gasteiger partial charge in [0.25, 0.3) is 0 Å². The Morgan fingerprint density at radius 1 is 1.44 bits per heavy atom. The van der Waals surface area contributed by atoms with Crippen LogP contribution >= 0.6 is 15.9 Å². The molecule has 0 bridgehead atoms. The minimum atomic E-state index is 0.218. The van der Waals surface area contributed by atoms with Gasteiger partial charge in [-0.3, -0.25) is 0 Å². The van der Waals surface area contributed by atoms with E-state index in [4.69, 9.17) is 5.73 Å². The number of benzene rings is 1. The minimum absolute atomic E-state index is 0.218. The van der Waals surface area contributed by atoms with Gasteiger partial charge in [-0.15, -0.1) is 0 Å². The van der Waals surface area contributed by atoms with Crippen LogP contribution in [0.15, 0.2) is 22.7 Å². The van der Waals surface area contributed by atoms with Crippen molar-refractivity contribution in [2.75, 3.05) is 18.5 Å². The summed E-state index contributed by atoms with van der Waals surface area (Å²) >= 11 is 3.69. The van der Waals surface area contributed by atoms with Gasteiger partial charge in [0.05, 0.1) is 5.69 Å².